The minimum absolute atomic E-state index is 0.00230. The molecule has 2 amide bonds. The van der Waals surface area contributed by atoms with Crippen LogP contribution in [-0.4, -0.2) is 32.8 Å². The van der Waals surface area contributed by atoms with Crippen LogP contribution in [0.1, 0.15) is 41.7 Å². The van der Waals surface area contributed by atoms with E-state index in [1.54, 1.807) is 16.8 Å². The Labute approximate surface area is 172 Å². The van der Waals surface area contributed by atoms with Crippen molar-refractivity contribution < 1.29 is 14.1 Å². The van der Waals surface area contributed by atoms with E-state index in [0.29, 0.717) is 11.6 Å². The van der Waals surface area contributed by atoms with Gasteiger partial charge in [-0.1, -0.05) is 41.9 Å². The molecule has 3 heterocycles. The number of hydrogen-bond donors (Lipinski definition) is 3. The molecule has 9 heteroatoms. The number of aryl methyl sites for hydroxylation is 1. The summed E-state index contributed by atoms with van der Waals surface area (Å²) in [5, 5.41) is 17.6. The van der Waals surface area contributed by atoms with Gasteiger partial charge in [0, 0.05) is 23.7 Å². The van der Waals surface area contributed by atoms with Gasteiger partial charge >= 0.3 is 0 Å². The van der Waals surface area contributed by atoms with Gasteiger partial charge in [0.05, 0.1) is 11.6 Å². The number of benzene rings is 1. The van der Waals surface area contributed by atoms with Crippen LogP contribution in [-0.2, 0) is 4.79 Å². The Morgan fingerprint density at radius 2 is 2.07 bits per heavy atom. The monoisotopic (exact) mass is 406 g/mol. The Hall–Kier alpha value is -3.46. The summed E-state index contributed by atoms with van der Waals surface area (Å²) in [6.45, 7) is 1.83. The topological polar surface area (TPSA) is 114 Å². The second kappa shape index (κ2) is 7.42. The molecule has 3 unspecified atom stereocenters. The highest BCUT2D eigenvalue weighted by Gasteiger charge is 2.40. The number of carbonyl (C=O) groups is 2. The summed E-state index contributed by atoms with van der Waals surface area (Å²) < 4.78 is 6.92. The first kappa shape index (κ1) is 18.6. The van der Waals surface area contributed by atoms with Crippen molar-refractivity contribution in [1.29, 1.82) is 0 Å². The maximum Gasteiger partial charge on any atom is 0.279 e. The SMILES string of the molecule is Cc1cc(NC(=O)c2cc(-c3ccccc3)on2)n(C2NC(=O)C3CCCC3N2)n1. The minimum Gasteiger partial charge on any atom is -0.355 e. The van der Waals surface area contributed by atoms with Crippen LogP contribution in [0.3, 0.4) is 0 Å². The molecule has 30 heavy (non-hydrogen) atoms. The third kappa shape index (κ3) is 3.37. The highest BCUT2D eigenvalue weighted by atomic mass is 16.5. The molecule has 1 aliphatic heterocycles. The Morgan fingerprint density at radius 3 is 2.90 bits per heavy atom. The maximum absolute atomic E-state index is 12.8. The number of nitrogens with one attached hydrogen (secondary N) is 3. The number of fused-ring (bicyclic) bond motifs is 1. The van der Waals surface area contributed by atoms with Crippen LogP contribution in [0, 0.1) is 12.8 Å². The second-order valence-electron chi connectivity index (χ2n) is 7.73. The summed E-state index contributed by atoms with van der Waals surface area (Å²) in [7, 11) is 0. The van der Waals surface area contributed by atoms with Crippen molar-refractivity contribution >= 4 is 17.6 Å². The molecule has 3 aromatic rings. The van der Waals surface area contributed by atoms with E-state index in [1.807, 2.05) is 37.3 Å². The highest BCUT2D eigenvalue weighted by molar-refractivity contribution is 6.02. The molecule has 3 atom stereocenters. The van der Waals surface area contributed by atoms with Crippen LogP contribution < -0.4 is 16.0 Å². The van der Waals surface area contributed by atoms with E-state index in [4.69, 9.17) is 4.52 Å². The van der Waals surface area contributed by atoms with Crippen molar-refractivity contribution in [1.82, 2.24) is 25.6 Å². The van der Waals surface area contributed by atoms with E-state index in [0.717, 1.165) is 30.5 Å². The zero-order chi connectivity index (χ0) is 20.7. The molecule has 154 valence electrons. The third-order valence-electron chi connectivity index (χ3n) is 5.65. The van der Waals surface area contributed by atoms with Crippen LogP contribution in [0.15, 0.2) is 47.0 Å². The molecule has 2 aliphatic rings. The normalized spacial score (nSPS) is 23.1. The molecule has 5 rings (SSSR count). The third-order valence-corrected chi connectivity index (χ3v) is 5.65. The molecule has 1 saturated carbocycles. The van der Waals surface area contributed by atoms with E-state index in [2.05, 4.69) is 26.2 Å². The zero-order valence-corrected chi connectivity index (χ0v) is 16.5. The molecule has 0 radical (unpaired) electrons. The Balaban J connectivity index is 1.35. The van der Waals surface area contributed by atoms with E-state index in [-0.39, 0.29) is 23.6 Å². The molecule has 1 aliphatic carbocycles. The largest absolute Gasteiger partial charge is 0.355 e. The lowest BCUT2D eigenvalue weighted by Gasteiger charge is -2.34. The first-order valence-electron chi connectivity index (χ1n) is 10.0. The zero-order valence-electron chi connectivity index (χ0n) is 16.5. The lowest BCUT2D eigenvalue weighted by Crippen LogP contribution is -2.57. The van der Waals surface area contributed by atoms with Crippen molar-refractivity contribution in [3.05, 3.63) is 53.9 Å². The summed E-state index contributed by atoms with van der Waals surface area (Å²) in [6.07, 6.45) is 2.36. The Bertz CT molecular complexity index is 1090. The van der Waals surface area contributed by atoms with Gasteiger partial charge in [-0.3, -0.25) is 14.9 Å². The quantitative estimate of drug-likeness (QED) is 0.613. The first-order chi connectivity index (χ1) is 14.6. The average Bonchev–Trinajstić information content (AvgIpc) is 3.48. The molecular weight excluding hydrogens is 384 g/mol. The van der Waals surface area contributed by atoms with Gasteiger partial charge in [-0.15, -0.1) is 0 Å². The molecule has 9 nitrogen and oxygen atoms in total. The molecule has 0 spiro atoms. The fourth-order valence-corrected chi connectivity index (χ4v) is 4.20. The van der Waals surface area contributed by atoms with Crippen LogP contribution >= 0.6 is 0 Å². The fraction of sp³-hybridized carbons (Fsp3) is 0.333. The van der Waals surface area contributed by atoms with Gasteiger partial charge < -0.3 is 15.2 Å². The number of rotatable bonds is 4. The molecule has 3 N–H and O–H groups in total. The summed E-state index contributed by atoms with van der Waals surface area (Å²) in [5.74, 6) is 0.594. The predicted molar refractivity (Wildman–Crippen MR) is 108 cm³/mol. The van der Waals surface area contributed by atoms with Crippen LogP contribution in [0.25, 0.3) is 11.3 Å². The molecular formula is C21H22N6O3. The van der Waals surface area contributed by atoms with Gasteiger partial charge in [0.1, 0.15) is 5.82 Å². The fourth-order valence-electron chi connectivity index (χ4n) is 4.20. The van der Waals surface area contributed by atoms with Gasteiger partial charge in [0.15, 0.2) is 17.7 Å². The highest BCUT2D eigenvalue weighted by Crippen LogP contribution is 2.31. The summed E-state index contributed by atoms with van der Waals surface area (Å²) in [5.41, 5.74) is 1.72. The summed E-state index contributed by atoms with van der Waals surface area (Å²) in [6, 6.07) is 12.9. The van der Waals surface area contributed by atoms with Gasteiger partial charge in [0.2, 0.25) is 5.91 Å². The lowest BCUT2D eigenvalue weighted by molar-refractivity contribution is -0.130. The summed E-state index contributed by atoms with van der Waals surface area (Å²) in [4.78, 5) is 25.2. The first-order valence-corrected chi connectivity index (χ1v) is 10.0. The van der Waals surface area contributed by atoms with Gasteiger partial charge in [-0.05, 0) is 19.8 Å². The molecule has 2 aromatic heterocycles. The maximum atomic E-state index is 12.8. The van der Waals surface area contributed by atoms with Crippen molar-refractivity contribution in [2.24, 2.45) is 5.92 Å². The van der Waals surface area contributed by atoms with Gasteiger partial charge in [-0.2, -0.15) is 5.10 Å². The summed E-state index contributed by atoms with van der Waals surface area (Å²) >= 11 is 0. The van der Waals surface area contributed by atoms with Crippen LogP contribution in [0.2, 0.25) is 0 Å². The number of carbonyl (C=O) groups excluding carboxylic acids is 2. The van der Waals surface area contributed by atoms with Gasteiger partial charge in [-0.25, -0.2) is 4.68 Å². The minimum atomic E-state index is -0.516. The van der Waals surface area contributed by atoms with Crippen LogP contribution in [0.4, 0.5) is 5.82 Å². The van der Waals surface area contributed by atoms with E-state index in [1.165, 1.54) is 0 Å². The number of nitrogens with zero attached hydrogens (tertiary/aromatic N) is 3. The Kier molecular flexibility index (Phi) is 4.59. The van der Waals surface area contributed by atoms with E-state index in [9.17, 15) is 9.59 Å². The van der Waals surface area contributed by atoms with Crippen molar-refractivity contribution in [2.45, 2.75) is 38.5 Å². The van der Waals surface area contributed by atoms with Crippen molar-refractivity contribution in [2.75, 3.05) is 5.32 Å². The van der Waals surface area contributed by atoms with Crippen molar-refractivity contribution in [3.63, 3.8) is 0 Å². The molecule has 1 aromatic carbocycles. The number of aromatic nitrogens is 3. The van der Waals surface area contributed by atoms with Gasteiger partial charge in [0.25, 0.3) is 5.91 Å². The molecule has 1 saturated heterocycles. The Morgan fingerprint density at radius 1 is 1.23 bits per heavy atom. The average molecular weight is 406 g/mol. The predicted octanol–water partition coefficient (Wildman–Crippen LogP) is 2.44. The van der Waals surface area contributed by atoms with E-state index < -0.39 is 12.2 Å². The molecule has 2 fully saturated rings. The number of hydrogen-bond acceptors (Lipinski definition) is 6. The second-order valence-corrected chi connectivity index (χ2v) is 7.73. The number of amides is 2. The number of anilines is 1. The van der Waals surface area contributed by atoms with Crippen molar-refractivity contribution in [3.8, 4) is 11.3 Å². The van der Waals surface area contributed by atoms with E-state index >= 15 is 0 Å². The lowest BCUT2D eigenvalue weighted by atomic mass is 10.0. The standard InChI is InChI=1S/C21H22N6O3/c1-12-10-18(27(25-12)21-22-15-9-5-8-14(15)19(28)24-21)23-20(29)16-11-17(30-26-16)13-6-3-2-4-7-13/h2-4,6-7,10-11,14-15,21-22H,5,8-9H2,1H3,(H,23,29)(H,24,28). The molecule has 0 bridgehead atoms. The van der Waals surface area contributed by atoms with Crippen LogP contribution in [0.5, 0.6) is 0 Å². The smallest absolute Gasteiger partial charge is 0.279 e.